The lowest BCUT2D eigenvalue weighted by atomic mass is 10.2. The van der Waals surface area contributed by atoms with Gasteiger partial charge in [0.05, 0.1) is 6.10 Å². The number of likely N-dealkylation sites (N-methyl/N-ethyl adjacent to an activating group) is 1. The maximum atomic E-state index is 13.4. The van der Waals surface area contributed by atoms with Gasteiger partial charge in [0.15, 0.2) is 0 Å². The lowest BCUT2D eigenvalue weighted by Crippen LogP contribution is -2.36. The van der Waals surface area contributed by atoms with E-state index in [4.69, 9.17) is 10.5 Å². The average molecular weight is 240 g/mol. The molecule has 0 fully saturated rings. The second-order valence-corrected chi connectivity index (χ2v) is 4.10. The molecule has 1 rings (SSSR count). The van der Waals surface area contributed by atoms with E-state index in [9.17, 15) is 4.39 Å². The van der Waals surface area contributed by atoms with Gasteiger partial charge in [0, 0.05) is 31.8 Å². The lowest BCUT2D eigenvalue weighted by molar-refractivity contribution is 0.0435. The first-order chi connectivity index (χ1) is 8.17. The van der Waals surface area contributed by atoms with E-state index in [1.54, 1.807) is 12.1 Å². The van der Waals surface area contributed by atoms with Crippen LogP contribution in [0.25, 0.3) is 0 Å². The summed E-state index contributed by atoms with van der Waals surface area (Å²) in [5.74, 6) is -0.167. The fraction of sp³-hybridized carbons (Fsp3) is 0.538. The highest BCUT2D eigenvalue weighted by atomic mass is 19.1. The SMILES string of the molecule is CCOC(CN)CN(C)Cc1ccccc1F. The molecule has 1 atom stereocenters. The van der Waals surface area contributed by atoms with Crippen LogP contribution >= 0.6 is 0 Å². The van der Waals surface area contributed by atoms with Crippen molar-refractivity contribution in [3.63, 3.8) is 0 Å². The van der Waals surface area contributed by atoms with Gasteiger partial charge in [-0.05, 0) is 20.0 Å². The summed E-state index contributed by atoms with van der Waals surface area (Å²) in [6.45, 7) is 4.35. The third-order valence-electron chi connectivity index (χ3n) is 2.58. The van der Waals surface area contributed by atoms with E-state index >= 15 is 0 Å². The zero-order valence-corrected chi connectivity index (χ0v) is 10.5. The van der Waals surface area contributed by atoms with Gasteiger partial charge in [-0.25, -0.2) is 4.39 Å². The minimum absolute atomic E-state index is 0.0109. The molecule has 0 amide bonds. The zero-order valence-electron chi connectivity index (χ0n) is 10.5. The van der Waals surface area contributed by atoms with E-state index < -0.39 is 0 Å². The van der Waals surface area contributed by atoms with Crippen LogP contribution in [0.4, 0.5) is 4.39 Å². The van der Waals surface area contributed by atoms with Crippen LogP contribution in [-0.4, -0.2) is 37.7 Å². The summed E-state index contributed by atoms with van der Waals surface area (Å²) in [7, 11) is 1.94. The van der Waals surface area contributed by atoms with Crippen molar-refractivity contribution in [2.45, 2.75) is 19.6 Å². The number of hydrogen-bond donors (Lipinski definition) is 1. The minimum Gasteiger partial charge on any atom is -0.376 e. The van der Waals surface area contributed by atoms with Crippen LogP contribution < -0.4 is 5.73 Å². The molecule has 1 aromatic rings. The number of benzene rings is 1. The van der Waals surface area contributed by atoms with Crippen LogP contribution in [-0.2, 0) is 11.3 Å². The van der Waals surface area contributed by atoms with E-state index in [1.807, 2.05) is 24.9 Å². The Morgan fingerprint density at radius 2 is 2.12 bits per heavy atom. The lowest BCUT2D eigenvalue weighted by Gasteiger charge is -2.23. The molecular formula is C13H21FN2O. The Morgan fingerprint density at radius 3 is 2.71 bits per heavy atom. The highest BCUT2D eigenvalue weighted by molar-refractivity contribution is 5.16. The predicted molar refractivity (Wildman–Crippen MR) is 67.2 cm³/mol. The quantitative estimate of drug-likeness (QED) is 0.787. The Bertz CT molecular complexity index is 333. The molecule has 0 aromatic heterocycles. The highest BCUT2D eigenvalue weighted by Crippen LogP contribution is 2.09. The van der Waals surface area contributed by atoms with Gasteiger partial charge in [0.2, 0.25) is 0 Å². The van der Waals surface area contributed by atoms with Crippen molar-refractivity contribution in [3.05, 3.63) is 35.6 Å². The van der Waals surface area contributed by atoms with Crippen molar-refractivity contribution in [2.24, 2.45) is 5.73 Å². The molecule has 17 heavy (non-hydrogen) atoms. The van der Waals surface area contributed by atoms with E-state index in [0.29, 0.717) is 31.8 Å². The number of nitrogens with zero attached hydrogens (tertiary/aromatic N) is 1. The molecule has 0 saturated carbocycles. The number of nitrogens with two attached hydrogens (primary N) is 1. The number of ether oxygens (including phenoxy) is 1. The predicted octanol–water partition coefficient (Wildman–Crippen LogP) is 1.62. The van der Waals surface area contributed by atoms with Crippen molar-refractivity contribution >= 4 is 0 Å². The first-order valence-electron chi connectivity index (χ1n) is 5.91. The van der Waals surface area contributed by atoms with Crippen molar-refractivity contribution in [3.8, 4) is 0 Å². The zero-order chi connectivity index (χ0) is 12.7. The molecule has 0 aliphatic carbocycles. The molecule has 3 nitrogen and oxygen atoms in total. The Labute approximate surface area is 102 Å². The molecule has 1 aromatic carbocycles. The van der Waals surface area contributed by atoms with Crippen LogP contribution in [0.2, 0.25) is 0 Å². The largest absolute Gasteiger partial charge is 0.376 e. The molecule has 0 heterocycles. The Morgan fingerprint density at radius 1 is 1.41 bits per heavy atom. The van der Waals surface area contributed by atoms with Crippen molar-refractivity contribution < 1.29 is 9.13 Å². The molecule has 4 heteroatoms. The van der Waals surface area contributed by atoms with E-state index in [1.165, 1.54) is 6.07 Å². The molecule has 0 aliphatic rings. The van der Waals surface area contributed by atoms with Crippen LogP contribution in [0.1, 0.15) is 12.5 Å². The van der Waals surface area contributed by atoms with Gasteiger partial charge < -0.3 is 10.5 Å². The summed E-state index contributed by atoms with van der Waals surface area (Å²) >= 11 is 0. The highest BCUT2D eigenvalue weighted by Gasteiger charge is 2.11. The van der Waals surface area contributed by atoms with Crippen molar-refractivity contribution in [2.75, 3.05) is 26.7 Å². The molecule has 0 radical (unpaired) electrons. The van der Waals surface area contributed by atoms with Gasteiger partial charge in [0.1, 0.15) is 5.82 Å². The summed E-state index contributed by atoms with van der Waals surface area (Å²) < 4.78 is 18.9. The van der Waals surface area contributed by atoms with Gasteiger partial charge in [0.25, 0.3) is 0 Å². The molecule has 0 bridgehead atoms. The molecular weight excluding hydrogens is 219 g/mol. The molecule has 0 spiro atoms. The third kappa shape index (κ3) is 4.81. The third-order valence-corrected chi connectivity index (χ3v) is 2.58. The normalized spacial score (nSPS) is 13.0. The second kappa shape index (κ2) is 7.37. The molecule has 1 unspecified atom stereocenters. The monoisotopic (exact) mass is 240 g/mol. The Hall–Kier alpha value is -0.970. The maximum absolute atomic E-state index is 13.4. The standard InChI is InChI=1S/C13H21FN2O/c1-3-17-12(8-15)10-16(2)9-11-6-4-5-7-13(11)14/h4-7,12H,3,8-10,15H2,1-2H3. The van der Waals surface area contributed by atoms with Crippen LogP contribution in [0.5, 0.6) is 0 Å². The number of hydrogen-bond acceptors (Lipinski definition) is 3. The van der Waals surface area contributed by atoms with Gasteiger partial charge in [-0.1, -0.05) is 18.2 Å². The second-order valence-electron chi connectivity index (χ2n) is 4.10. The van der Waals surface area contributed by atoms with E-state index in [-0.39, 0.29) is 11.9 Å². The molecule has 96 valence electrons. The first-order valence-corrected chi connectivity index (χ1v) is 5.91. The number of halogens is 1. The van der Waals surface area contributed by atoms with Crippen molar-refractivity contribution in [1.29, 1.82) is 0 Å². The minimum atomic E-state index is -0.167. The maximum Gasteiger partial charge on any atom is 0.127 e. The van der Waals surface area contributed by atoms with Crippen LogP contribution in [0, 0.1) is 5.82 Å². The van der Waals surface area contributed by atoms with Gasteiger partial charge in [-0.2, -0.15) is 0 Å². The molecule has 2 N–H and O–H groups in total. The van der Waals surface area contributed by atoms with Crippen LogP contribution in [0.3, 0.4) is 0 Å². The number of rotatable bonds is 7. The van der Waals surface area contributed by atoms with Gasteiger partial charge >= 0.3 is 0 Å². The topological polar surface area (TPSA) is 38.5 Å². The summed E-state index contributed by atoms with van der Waals surface area (Å²) in [4.78, 5) is 2.02. The summed E-state index contributed by atoms with van der Waals surface area (Å²) in [6, 6.07) is 6.81. The summed E-state index contributed by atoms with van der Waals surface area (Å²) in [5, 5.41) is 0. The summed E-state index contributed by atoms with van der Waals surface area (Å²) in [5.41, 5.74) is 6.30. The van der Waals surface area contributed by atoms with Crippen LogP contribution in [0.15, 0.2) is 24.3 Å². The van der Waals surface area contributed by atoms with E-state index in [2.05, 4.69) is 0 Å². The average Bonchev–Trinajstić information content (AvgIpc) is 2.31. The molecule has 0 saturated heterocycles. The van der Waals surface area contributed by atoms with Gasteiger partial charge in [-0.15, -0.1) is 0 Å². The van der Waals surface area contributed by atoms with E-state index in [0.717, 1.165) is 0 Å². The Balaban J connectivity index is 2.49. The smallest absolute Gasteiger partial charge is 0.127 e. The first kappa shape index (κ1) is 14.1. The van der Waals surface area contributed by atoms with Crippen molar-refractivity contribution in [1.82, 2.24) is 4.90 Å². The van der Waals surface area contributed by atoms with Gasteiger partial charge in [-0.3, -0.25) is 4.90 Å². The summed E-state index contributed by atoms with van der Waals surface area (Å²) in [6.07, 6.45) is 0.0109. The fourth-order valence-electron chi connectivity index (χ4n) is 1.76. The fourth-order valence-corrected chi connectivity index (χ4v) is 1.76. The Kier molecular flexibility index (Phi) is 6.11. The molecule has 0 aliphatic heterocycles.